The van der Waals surface area contributed by atoms with Crippen LogP contribution in [-0.2, 0) is 12.4 Å². The summed E-state index contributed by atoms with van der Waals surface area (Å²) in [5.41, 5.74) is 2.25. The van der Waals surface area contributed by atoms with Gasteiger partial charge in [-0.2, -0.15) is 0 Å². The Morgan fingerprint density at radius 2 is 2.00 bits per heavy atom. The minimum atomic E-state index is 0.416. The Balaban J connectivity index is 2.18. The molecule has 1 aromatic carbocycles. The van der Waals surface area contributed by atoms with Gasteiger partial charge in [-0.15, -0.1) is 22.9 Å². The summed E-state index contributed by atoms with van der Waals surface area (Å²) in [5, 5.41) is 3.08. The molecule has 1 heterocycles. The number of halogens is 1. The lowest BCUT2D eigenvalue weighted by atomic mass is 10.2. The van der Waals surface area contributed by atoms with Crippen molar-refractivity contribution >= 4 is 28.1 Å². The van der Waals surface area contributed by atoms with E-state index in [0.29, 0.717) is 11.9 Å². The normalized spacial score (nSPS) is 10.9. The van der Waals surface area contributed by atoms with Gasteiger partial charge in [0.15, 0.2) is 5.13 Å². The zero-order valence-corrected chi connectivity index (χ0v) is 12.2. The molecule has 0 saturated carbocycles. The third-order valence-corrected chi connectivity index (χ3v) is 3.94. The smallest absolute Gasteiger partial charge is 0.186 e. The van der Waals surface area contributed by atoms with Gasteiger partial charge < -0.3 is 4.90 Å². The standard InChI is InChI=1S/C14H17ClN2S/c1-11(2)17(9-12-6-4-3-5-7-12)14-16-13(8-15)10-18-14/h3-7,10-11H,8-9H2,1-2H3. The van der Waals surface area contributed by atoms with Crippen LogP contribution in [0.3, 0.4) is 0 Å². The molecule has 0 saturated heterocycles. The Hall–Kier alpha value is -1.06. The maximum absolute atomic E-state index is 5.81. The van der Waals surface area contributed by atoms with E-state index < -0.39 is 0 Å². The van der Waals surface area contributed by atoms with E-state index in [0.717, 1.165) is 17.4 Å². The average molecular weight is 281 g/mol. The molecule has 4 heteroatoms. The first kappa shape index (κ1) is 13.4. The van der Waals surface area contributed by atoms with Crippen LogP contribution >= 0.6 is 22.9 Å². The van der Waals surface area contributed by atoms with Crippen LogP contribution in [0.2, 0.25) is 0 Å². The van der Waals surface area contributed by atoms with Gasteiger partial charge in [0, 0.05) is 18.0 Å². The molecule has 0 amide bonds. The van der Waals surface area contributed by atoms with Gasteiger partial charge in [0.25, 0.3) is 0 Å². The predicted octanol–water partition coefficient (Wildman–Crippen LogP) is 4.30. The van der Waals surface area contributed by atoms with Gasteiger partial charge in [0.05, 0.1) is 11.6 Å². The van der Waals surface area contributed by atoms with Crippen LogP contribution in [-0.4, -0.2) is 11.0 Å². The van der Waals surface area contributed by atoms with E-state index in [1.807, 2.05) is 11.4 Å². The van der Waals surface area contributed by atoms with Crippen molar-refractivity contribution in [2.24, 2.45) is 0 Å². The van der Waals surface area contributed by atoms with Crippen molar-refractivity contribution in [1.29, 1.82) is 0 Å². The number of hydrogen-bond donors (Lipinski definition) is 0. The molecule has 0 fully saturated rings. The zero-order chi connectivity index (χ0) is 13.0. The molecule has 2 nitrogen and oxygen atoms in total. The molecule has 0 spiro atoms. The van der Waals surface area contributed by atoms with Crippen LogP contribution in [0.15, 0.2) is 35.7 Å². The van der Waals surface area contributed by atoms with E-state index in [1.54, 1.807) is 11.3 Å². The van der Waals surface area contributed by atoms with Crippen molar-refractivity contribution in [2.45, 2.75) is 32.3 Å². The van der Waals surface area contributed by atoms with Crippen molar-refractivity contribution in [2.75, 3.05) is 4.90 Å². The first-order chi connectivity index (χ1) is 8.70. The summed E-state index contributed by atoms with van der Waals surface area (Å²) in [6.45, 7) is 5.25. The molecule has 0 radical (unpaired) electrons. The molecule has 0 atom stereocenters. The largest absolute Gasteiger partial charge is 0.341 e. The minimum absolute atomic E-state index is 0.416. The SMILES string of the molecule is CC(C)N(Cc1ccccc1)c1nc(CCl)cs1. The number of aromatic nitrogens is 1. The summed E-state index contributed by atoms with van der Waals surface area (Å²) in [6, 6.07) is 10.9. The molecule has 0 aliphatic carbocycles. The fourth-order valence-electron chi connectivity index (χ4n) is 1.74. The molecule has 0 aliphatic rings. The second kappa shape index (κ2) is 6.21. The molecular weight excluding hydrogens is 264 g/mol. The molecule has 0 N–H and O–H groups in total. The van der Waals surface area contributed by atoms with Crippen LogP contribution in [0, 0.1) is 0 Å². The molecular formula is C14H17ClN2S. The van der Waals surface area contributed by atoms with E-state index >= 15 is 0 Å². The first-order valence-corrected chi connectivity index (χ1v) is 7.43. The van der Waals surface area contributed by atoms with E-state index in [-0.39, 0.29) is 0 Å². The third kappa shape index (κ3) is 3.24. The first-order valence-electron chi connectivity index (χ1n) is 6.01. The van der Waals surface area contributed by atoms with Gasteiger partial charge in [-0.05, 0) is 19.4 Å². The lowest BCUT2D eigenvalue weighted by Gasteiger charge is -2.26. The van der Waals surface area contributed by atoms with Gasteiger partial charge in [-0.1, -0.05) is 30.3 Å². The molecule has 96 valence electrons. The van der Waals surface area contributed by atoms with Gasteiger partial charge in [0.1, 0.15) is 0 Å². The van der Waals surface area contributed by atoms with Crippen LogP contribution < -0.4 is 4.90 Å². The molecule has 2 rings (SSSR count). The number of anilines is 1. The van der Waals surface area contributed by atoms with Crippen LogP contribution in [0.25, 0.3) is 0 Å². The van der Waals surface area contributed by atoms with Crippen molar-refractivity contribution in [3.05, 3.63) is 47.0 Å². The molecule has 1 aromatic heterocycles. The van der Waals surface area contributed by atoms with Crippen molar-refractivity contribution in [3.63, 3.8) is 0 Å². The highest BCUT2D eigenvalue weighted by atomic mass is 35.5. The number of nitrogens with zero attached hydrogens (tertiary/aromatic N) is 2. The van der Waals surface area contributed by atoms with Crippen LogP contribution in [0.1, 0.15) is 25.1 Å². The summed E-state index contributed by atoms with van der Waals surface area (Å²) < 4.78 is 0. The quantitative estimate of drug-likeness (QED) is 0.759. The highest BCUT2D eigenvalue weighted by molar-refractivity contribution is 7.13. The van der Waals surface area contributed by atoms with Crippen molar-refractivity contribution in [3.8, 4) is 0 Å². The molecule has 0 unspecified atom stereocenters. The van der Waals surface area contributed by atoms with Crippen LogP contribution in [0.5, 0.6) is 0 Å². The number of rotatable bonds is 5. The number of benzene rings is 1. The van der Waals surface area contributed by atoms with E-state index in [2.05, 4.69) is 48.0 Å². The van der Waals surface area contributed by atoms with Gasteiger partial charge >= 0.3 is 0 Å². The molecule has 2 aromatic rings. The van der Waals surface area contributed by atoms with Gasteiger partial charge in [0.2, 0.25) is 0 Å². The van der Waals surface area contributed by atoms with Crippen LogP contribution in [0.4, 0.5) is 5.13 Å². The zero-order valence-electron chi connectivity index (χ0n) is 10.6. The molecule has 18 heavy (non-hydrogen) atoms. The number of alkyl halides is 1. The second-order valence-electron chi connectivity index (χ2n) is 4.46. The summed E-state index contributed by atoms with van der Waals surface area (Å²) in [4.78, 5) is 6.86. The number of thiazole rings is 1. The fourth-order valence-corrected chi connectivity index (χ4v) is 2.93. The highest BCUT2D eigenvalue weighted by Gasteiger charge is 2.14. The topological polar surface area (TPSA) is 16.1 Å². The van der Waals surface area contributed by atoms with Crippen molar-refractivity contribution in [1.82, 2.24) is 4.98 Å². The average Bonchev–Trinajstić information content (AvgIpc) is 2.85. The fraction of sp³-hybridized carbons (Fsp3) is 0.357. The Labute approximate surface area is 117 Å². The van der Waals surface area contributed by atoms with E-state index in [4.69, 9.17) is 11.6 Å². The predicted molar refractivity (Wildman–Crippen MR) is 79.4 cm³/mol. The summed E-state index contributed by atoms with van der Waals surface area (Å²) >= 11 is 7.47. The van der Waals surface area contributed by atoms with Crippen molar-refractivity contribution < 1.29 is 0 Å². The van der Waals surface area contributed by atoms with E-state index in [1.165, 1.54) is 5.56 Å². The Kier molecular flexibility index (Phi) is 4.61. The lowest BCUT2D eigenvalue weighted by Crippen LogP contribution is -2.30. The maximum atomic E-state index is 5.81. The second-order valence-corrected chi connectivity index (χ2v) is 5.57. The molecule has 0 bridgehead atoms. The maximum Gasteiger partial charge on any atom is 0.186 e. The Morgan fingerprint density at radius 1 is 1.28 bits per heavy atom. The van der Waals surface area contributed by atoms with Gasteiger partial charge in [-0.3, -0.25) is 0 Å². The molecule has 0 aliphatic heterocycles. The highest BCUT2D eigenvalue weighted by Crippen LogP contribution is 2.25. The number of hydrogen-bond acceptors (Lipinski definition) is 3. The minimum Gasteiger partial charge on any atom is -0.341 e. The third-order valence-electron chi connectivity index (χ3n) is 2.74. The van der Waals surface area contributed by atoms with Gasteiger partial charge in [-0.25, -0.2) is 4.98 Å². The summed E-state index contributed by atoms with van der Waals surface area (Å²) in [5.74, 6) is 0.480. The summed E-state index contributed by atoms with van der Waals surface area (Å²) in [6.07, 6.45) is 0. The monoisotopic (exact) mass is 280 g/mol. The summed E-state index contributed by atoms with van der Waals surface area (Å²) in [7, 11) is 0. The van der Waals surface area contributed by atoms with E-state index in [9.17, 15) is 0 Å². The Bertz CT molecular complexity index is 482. The lowest BCUT2D eigenvalue weighted by molar-refractivity contribution is 0.679. The Morgan fingerprint density at radius 3 is 2.56 bits per heavy atom.